The summed E-state index contributed by atoms with van der Waals surface area (Å²) in [6.07, 6.45) is 0.790. The van der Waals surface area contributed by atoms with Gasteiger partial charge in [-0.25, -0.2) is 8.78 Å². The molecule has 1 aliphatic rings. The van der Waals surface area contributed by atoms with Crippen molar-refractivity contribution in [1.29, 1.82) is 0 Å². The van der Waals surface area contributed by atoms with Crippen LogP contribution < -0.4 is 0 Å². The van der Waals surface area contributed by atoms with Gasteiger partial charge in [0.1, 0.15) is 17.7 Å². The van der Waals surface area contributed by atoms with Crippen LogP contribution in [0.2, 0.25) is 0 Å². The standard InChI is InChI=1S/C14H13F2N3O2/c1-8-17-14(21-18-8)12-5-6-13(20)19(12)7-9-10(15)3-2-4-11(9)16/h2-4,12H,5-7H2,1H3. The summed E-state index contributed by atoms with van der Waals surface area (Å²) in [7, 11) is 0. The maximum atomic E-state index is 13.7. The number of carbonyl (C=O) groups is 1. The van der Waals surface area contributed by atoms with Crippen molar-refractivity contribution in [3.8, 4) is 0 Å². The predicted octanol–water partition coefficient (Wildman–Crippen LogP) is 2.52. The lowest BCUT2D eigenvalue weighted by Crippen LogP contribution is -2.28. The summed E-state index contributed by atoms with van der Waals surface area (Å²) >= 11 is 0. The smallest absolute Gasteiger partial charge is 0.249 e. The number of rotatable bonds is 3. The monoisotopic (exact) mass is 293 g/mol. The highest BCUT2D eigenvalue weighted by molar-refractivity contribution is 5.78. The number of likely N-dealkylation sites (tertiary alicyclic amines) is 1. The molecule has 1 saturated heterocycles. The van der Waals surface area contributed by atoms with Gasteiger partial charge in [-0.05, 0) is 25.5 Å². The molecule has 0 aliphatic carbocycles. The third-order valence-corrected chi connectivity index (χ3v) is 3.55. The summed E-state index contributed by atoms with van der Waals surface area (Å²) in [6, 6.07) is 3.20. The molecule has 2 aromatic rings. The summed E-state index contributed by atoms with van der Waals surface area (Å²) in [6.45, 7) is 1.52. The molecule has 2 heterocycles. The van der Waals surface area contributed by atoms with E-state index in [0.717, 1.165) is 0 Å². The summed E-state index contributed by atoms with van der Waals surface area (Å²) in [5.74, 6) is -0.764. The van der Waals surface area contributed by atoms with Gasteiger partial charge in [0.15, 0.2) is 5.82 Å². The number of aromatic nitrogens is 2. The van der Waals surface area contributed by atoms with E-state index in [4.69, 9.17) is 4.52 Å². The minimum absolute atomic E-state index is 0.131. The largest absolute Gasteiger partial charge is 0.337 e. The molecular weight excluding hydrogens is 280 g/mol. The van der Waals surface area contributed by atoms with Gasteiger partial charge in [-0.1, -0.05) is 11.2 Å². The number of halogens is 2. The van der Waals surface area contributed by atoms with Gasteiger partial charge in [0.2, 0.25) is 11.8 Å². The van der Waals surface area contributed by atoms with Gasteiger partial charge >= 0.3 is 0 Å². The third kappa shape index (κ3) is 2.51. The van der Waals surface area contributed by atoms with Gasteiger partial charge < -0.3 is 9.42 Å². The fraction of sp³-hybridized carbons (Fsp3) is 0.357. The van der Waals surface area contributed by atoms with Crippen molar-refractivity contribution in [2.24, 2.45) is 0 Å². The lowest BCUT2D eigenvalue weighted by molar-refractivity contribution is -0.130. The van der Waals surface area contributed by atoms with Gasteiger partial charge in [0, 0.05) is 12.0 Å². The summed E-state index contributed by atoms with van der Waals surface area (Å²) in [4.78, 5) is 17.5. The van der Waals surface area contributed by atoms with Gasteiger partial charge in [0.05, 0.1) is 6.54 Å². The van der Waals surface area contributed by atoms with Crippen molar-refractivity contribution in [3.05, 3.63) is 47.1 Å². The number of benzene rings is 1. The topological polar surface area (TPSA) is 59.2 Å². The number of hydrogen-bond acceptors (Lipinski definition) is 4. The third-order valence-electron chi connectivity index (χ3n) is 3.55. The molecule has 0 bridgehead atoms. The van der Waals surface area contributed by atoms with E-state index in [2.05, 4.69) is 10.1 Å². The highest BCUT2D eigenvalue weighted by Gasteiger charge is 2.36. The molecule has 21 heavy (non-hydrogen) atoms. The highest BCUT2D eigenvalue weighted by Crippen LogP contribution is 2.33. The first-order valence-corrected chi connectivity index (χ1v) is 6.59. The minimum Gasteiger partial charge on any atom is -0.337 e. The number of nitrogens with zero attached hydrogens (tertiary/aromatic N) is 3. The maximum absolute atomic E-state index is 13.7. The van der Waals surface area contributed by atoms with E-state index in [-0.39, 0.29) is 18.0 Å². The van der Waals surface area contributed by atoms with Crippen LogP contribution in [-0.4, -0.2) is 20.9 Å². The van der Waals surface area contributed by atoms with Crippen molar-refractivity contribution >= 4 is 5.91 Å². The second kappa shape index (κ2) is 5.23. The first kappa shape index (κ1) is 13.7. The quantitative estimate of drug-likeness (QED) is 0.872. The lowest BCUT2D eigenvalue weighted by atomic mass is 10.1. The van der Waals surface area contributed by atoms with E-state index in [1.807, 2.05) is 0 Å². The molecule has 3 rings (SSSR count). The molecule has 1 fully saturated rings. The van der Waals surface area contributed by atoms with Crippen LogP contribution in [0.15, 0.2) is 22.7 Å². The summed E-state index contributed by atoms with van der Waals surface area (Å²) < 4.78 is 32.6. The Morgan fingerprint density at radius 1 is 1.38 bits per heavy atom. The molecule has 1 aliphatic heterocycles. The fourth-order valence-corrected chi connectivity index (χ4v) is 2.49. The molecule has 1 unspecified atom stereocenters. The van der Waals surface area contributed by atoms with Crippen LogP contribution in [0.3, 0.4) is 0 Å². The Morgan fingerprint density at radius 3 is 2.71 bits per heavy atom. The van der Waals surface area contributed by atoms with Gasteiger partial charge in [-0.2, -0.15) is 4.98 Å². The van der Waals surface area contributed by atoms with Crippen molar-refractivity contribution in [3.63, 3.8) is 0 Å². The fourth-order valence-electron chi connectivity index (χ4n) is 2.49. The second-order valence-electron chi connectivity index (χ2n) is 4.96. The Balaban J connectivity index is 1.90. The van der Waals surface area contributed by atoms with Crippen molar-refractivity contribution in [2.45, 2.75) is 32.4 Å². The molecular formula is C14H13F2N3O2. The summed E-state index contributed by atoms with van der Waals surface area (Å²) in [5.41, 5.74) is -0.131. The molecule has 0 saturated carbocycles. The molecule has 1 aromatic carbocycles. The molecule has 1 atom stereocenters. The van der Waals surface area contributed by atoms with Gasteiger partial charge in [-0.3, -0.25) is 4.79 Å². The van der Waals surface area contributed by atoms with Gasteiger partial charge in [0.25, 0.3) is 0 Å². The zero-order valence-corrected chi connectivity index (χ0v) is 11.3. The number of aryl methyl sites for hydroxylation is 1. The van der Waals surface area contributed by atoms with Crippen LogP contribution in [0.1, 0.15) is 36.2 Å². The molecule has 110 valence electrons. The van der Waals surface area contributed by atoms with E-state index in [1.54, 1.807) is 6.92 Å². The van der Waals surface area contributed by atoms with E-state index in [0.29, 0.717) is 24.6 Å². The van der Waals surface area contributed by atoms with Crippen molar-refractivity contribution in [1.82, 2.24) is 15.0 Å². The minimum atomic E-state index is -0.671. The molecule has 0 spiro atoms. The average Bonchev–Trinajstić information content (AvgIpc) is 3.01. The van der Waals surface area contributed by atoms with Crippen LogP contribution in [-0.2, 0) is 11.3 Å². The van der Waals surface area contributed by atoms with Crippen LogP contribution in [0, 0.1) is 18.6 Å². The van der Waals surface area contributed by atoms with Crippen molar-refractivity contribution in [2.75, 3.05) is 0 Å². The van der Waals surface area contributed by atoms with Crippen LogP contribution in [0.25, 0.3) is 0 Å². The molecule has 0 radical (unpaired) electrons. The molecule has 5 nitrogen and oxygen atoms in total. The van der Waals surface area contributed by atoms with E-state index in [9.17, 15) is 13.6 Å². The second-order valence-corrected chi connectivity index (χ2v) is 4.96. The number of carbonyl (C=O) groups excluding carboxylic acids is 1. The Bertz CT molecular complexity index is 666. The molecule has 0 N–H and O–H groups in total. The van der Waals surface area contributed by atoms with Crippen molar-refractivity contribution < 1.29 is 18.1 Å². The predicted molar refractivity (Wildman–Crippen MR) is 67.9 cm³/mol. The SMILES string of the molecule is Cc1noc(C2CCC(=O)N2Cc2c(F)cccc2F)n1. The maximum Gasteiger partial charge on any atom is 0.249 e. The van der Waals surface area contributed by atoms with Crippen LogP contribution in [0.4, 0.5) is 8.78 Å². The number of hydrogen-bond donors (Lipinski definition) is 0. The molecule has 1 aromatic heterocycles. The Kier molecular flexibility index (Phi) is 3.40. The number of amides is 1. The average molecular weight is 293 g/mol. The zero-order chi connectivity index (χ0) is 15.0. The normalized spacial score (nSPS) is 18.5. The first-order valence-electron chi connectivity index (χ1n) is 6.59. The summed E-state index contributed by atoms with van der Waals surface area (Å²) in [5, 5.41) is 3.69. The Morgan fingerprint density at radius 2 is 2.10 bits per heavy atom. The highest BCUT2D eigenvalue weighted by atomic mass is 19.1. The van der Waals surface area contributed by atoms with E-state index < -0.39 is 17.7 Å². The van der Waals surface area contributed by atoms with E-state index in [1.165, 1.54) is 23.1 Å². The molecule has 1 amide bonds. The van der Waals surface area contributed by atoms with E-state index >= 15 is 0 Å². The first-order chi connectivity index (χ1) is 10.1. The lowest BCUT2D eigenvalue weighted by Gasteiger charge is -2.22. The Hall–Kier alpha value is -2.31. The van der Waals surface area contributed by atoms with Crippen LogP contribution >= 0.6 is 0 Å². The van der Waals surface area contributed by atoms with Crippen LogP contribution in [0.5, 0.6) is 0 Å². The zero-order valence-electron chi connectivity index (χ0n) is 11.3. The van der Waals surface area contributed by atoms with Gasteiger partial charge in [-0.15, -0.1) is 0 Å². The molecule has 7 heteroatoms. The Labute approximate surface area is 119 Å².